The van der Waals surface area contributed by atoms with Gasteiger partial charge in [0.25, 0.3) is 0 Å². The van der Waals surface area contributed by atoms with Crippen LogP contribution in [0.3, 0.4) is 0 Å². The van der Waals surface area contributed by atoms with Crippen molar-refractivity contribution in [1.29, 1.82) is 0 Å². The molecule has 6 aromatic carbocycles. The van der Waals surface area contributed by atoms with Crippen LogP contribution < -0.4 is 0 Å². The Balaban J connectivity index is 0.00000281. The van der Waals surface area contributed by atoms with Gasteiger partial charge in [-0.3, -0.25) is 20.0 Å². The molecule has 0 aromatic heterocycles. The third-order valence-corrected chi connectivity index (χ3v) is 7.40. The summed E-state index contributed by atoms with van der Waals surface area (Å²) in [6, 6.07) is 38.9. The van der Waals surface area contributed by atoms with Crippen molar-refractivity contribution >= 4 is 47.6 Å². The molecule has 0 aliphatic heterocycles. The zero-order valence-electron chi connectivity index (χ0n) is 27.0. The Bertz CT molecular complexity index is 2060. The van der Waals surface area contributed by atoms with Crippen LogP contribution in [0.2, 0.25) is 0 Å². The van der Waals surface area contributed by atoms with Crippen molar-refractivity contribution in [3.8, 4) is 34.1 Å². The Labute approximate surface area is 315 Å². The Morgan fingerprint density at radius 2 is 0.580 bits per heavy atom. The van der Waals surface area contributed by atoms with Crippen molar-refractivity contribution in [1.82, 2.24) is 0 Å². The van der Waals surface area contributed by atoms with Crippen LogP contribution in [0, 0.1) is 0 Å². The summed E-state index contributed by atoms with van der Waals surface area (Å²) in [4.78, 5) is 18.6. The summed E-state index contributed by atoms with van der Waals surface area (Å²) in [5.41, 5.74) is 6.01. The smallest absolute Gasteiger partial charge is 0.124 e. The number of hydrogen-bond acceptors (Lipinski definition) is 8. The van der Waals surface area contributed by atoms with E-state index in [0.717, 1.165) is 11.1 Å². The number of phenolic OH excluding ortho intramolecular Hbond substituents is 4. The first-order valence-electron chi connectivity index (χ1n) is 15.0. The molecule has 0 heterocycles. The number of aliphatic imine (C=N–C) groups is 4. The van der Waals surface area contributed by atoms with E-state index in [0.29, 0.717) is 45.0 Å². The number of para-hydroxylation sites is 4. The maximum absolute atomic E-state index is 10.3. The maximum atomic E-state index is 10.3. The average Bonchev–Trinajstić information content (AvgIpc) is 3.10. The van der Waals surface area contributed by atoms with E-state index in [1.165, 1.54) is 0 Å². The molecule has 50 heavy (non-hydrogen) atoms. The molecule has 0 spiro atoms. The molecule has 0 unspecified atom stereocenters. The first-order chi connectivity index (χ1) is 23.4. The van der Waals surface area contributed by atoms with Crippen molar-refractivity contribution in [2.75, 3.05) is 0 Å². The predicted molar refractivity (Wildman–Crippen MR) is 193 cm³/mol. The second-order valence-electron chi connectivity index (χ2n) is 10.7. The van der Waals surface area contributed by atoms with Crippen molar-refractivity contribution in [2.45, 2.75) is 0 Å². The van der Waals surface area contributed by atoms with Crippen molar-refractivity contribution < 1.29 is 59.4 Å². The van der Waals surface area contributed by atoms with Crippen molar-refractivity contribution in [3.63, 3.8) is 0 Å². The van der Waals surface area contributed by atoms with Gasteiger partial charge in [0.15, 0.2) is 0 Å². The molecular weight excluding hydrogens is 731 g/mol. The van der Waals surface area contributed by atoms with Crippen LogP contribution in [-0.4, -0.2) is 45.3 Å². The maximum Gasteiger partial charge on any atom is 0.124 e. The van der Waals surface area contributed by atoms with Gasteiger partial charge in [0.05, 0.1) is 22.7 Å². The van der Waals surface area contributed by atoms with Crippen LogP contribution in [-0.2, 0) is 39.0 Å². The fraction of sp³-hybridized carbons (Fsp3) is 0. The molecule has 4 N–H and O–H groups in total. The molecule has 0 aliphatic rings. The minimum Gasteiger partial charge on any atom is -0.507 e. The second kappa shape index (κ2) is 17.7. The molecule has 0 aliphatic carbocycles. The van der Waals surface area contributed by atoms with Gasteiger partial charge in [0.2, 0.25) is 0 Å². The number of nitrogens with zero attached hydrogens (tertiary/aromatic N) is 4. The minimum absolute atomic E-state index is 0. The van der Waals surface area contributed by atoms with Crippen LogP contribution in [0.15, 0.2) is 153 Å². The normalized spacial score (nSPS) is 11.3. The van der Waals surface area contributed by atoms with Crippen LogP contribution >= 0.6 is 0 Å². The zero-order valence-corrected chi connectivity index (χ0v) is 32.9. The summed E-state index contributed by atoms with van der Waals surface area (Å²) in [6.45, 7) is 0. The van der Waals surface area contributed by atoms with Crippen molar-refractivity contribution in [3.05, 3.63) is 156 Å². The fourth-order valence-corrected chi connectivity index (χ4v) is 4.77. The third-order valence-electron chi connectivity index (χ3n) is 7.40. The molecule has 8 nitrogen and oxygen atoms in total. The van der Waals surface area contributed by atoms with Crippen LogP contribution in [0.4, 0.5) is 22.7 Å². The van der Waals surface area contributed by atoms with E-state index in [2.05, 4.69) is 20.0 Å². The predicted octanol–water partition coefficient (Wildman–Crippen LogP) is 9.17. The summed E-state index contributed by atoms with van der Waals surface area (Å²) in [5.74, 6) is 0.422. The molecule has 0 bridgehead atoms. The number of rotatable bonds is 9. The van der Waals surface area contributed by atoms with E-state index < -0.39 is 0 Å². The summed E-state index contributed by atoms with van der Waals surface area (Å²) in [6.07, 6.45) is 6.30. The number of hydrogen-bond donors (Lipinski definition) is 4. The van der Waals surface area contributed by atoms with Gasteiger partial charge in [-0.1, -0.05) is 60.7 Å². The second-order valence-corrected chi connectivity index (χ2v) is 10.7. The summed E-state index contributed by atoms with van der Waals surface area (Å²) in [5, 5.41) is 41.1. The van der Waals surface area contributed by atoms with Gasteiger partial charge in [-0.15, -0.1) is 0 Å². The summed E-state index contributed by atoms with van der Waals surface area (Å²) >= 11 is 0. The first kappa shape index (κ1) is 37.3. The van der Waals surface area contributed by atoms with E-state index >= 15 is 0 Å². The number of aromatic hydroxyl groups is 4. The largest absolute Gasteiger partial charge is 0.507 e. The van der Waals surface area contributed by atoms with E-state index in [1.807, 2.05) is 60.7 Å². The third kappa shape index (κ3) is 9.32. The molecule has 238 valence electrons. The molecule has 0 atom stereocenters. The van der Waals surface area contributed by atoms with Gasteiger partial charge >= 0.3 is 0 Å². The average molecular weight is 761 g/mol. The zero-order chi connectivity index (χ0) is 33.3. The SMILES string of the molecule is Oc1ccccc1C=Nc1ccc(-c2ccc(N=Cc3ccccc3O)c(N=Cc3ccccc3O)c2)cc1N=Cc1ccccc1O.[Zn].[Zn]. The number of benzene rings is 6. The van der Waals surface area contributed by atoms with E-state index in [-0.39, 0.29) is 62.0 Å². The van der Waals surface area contributed by atoms with E-state index in [1.54, 1.807) is 97.7 Å². The molecule has 0 amide bonds. The van der Waals surface area contributed by atoms with Crippen molar-refractivity contribution in [2.24, 2.45) is 20.0 Å². The van der Waals surface area contributed by atoms with Crippen LogP contribution in [0.5, 0.6) is 23.0 Å². The molecule has 0 saturated heterocycles. The van der Waals surface area contributed by atoms with E-state index in [9.17, 15) is 20.4 Å². The summed E-state index contributed by atoms with van der Waals surface area (Å²) < 4.78 is 0. The topological polar surface area (TPSA) is 130 Å². The minimum atomic E-state index is 0. The first-order valence-corrected chi connectivity index (χ1v) is 15.0. The van der Waals surface area contributed by atoms with Crippen LogP contribution in [0.25, 0.3) is 11.1 Å². The fourth-order valence-electron chi connectivity index (χ4n) is 4.77. The van der Waals surface area contributed by atoms with Crippen LogP contribution in [0.1, 0.15) is 22.3 Å². The monoisotopic (exact) mass is 758 g/mol. The molecule has 0 fully saturated rings. The Morgan fingerprint density at radius 1 is 0.320 bits per heavy atom. The van der Waals surface area contributed by atoms with Gasteiger partial charge in [0, 0.05) is 86.1 Å². The molecule has 6 aromatic rings. The molecule has 0 saturated carbocycles. The molecular formula is C40H30N4O4Zn2. The summed E-state index contributed by atoms with van der Waals surface area (Å²) in [7, 11) is 0. The molecule has 0 radical (unpaired) electrons. The molecule has 10 heteroatoms. The Kier molecular flexibility index (Phi) is 13.2. The van der Waals surface area contributed by atoms with Gasteiger partial charge < -0.3 is 20.4 Å². The number of phenols is 4. The van der Waals surface area contributed by atoms with Gasteiger partial charge in [-0.25, -0.2) is 0 Å². The Hall–Kier alpha value is -5.55. The van der Waals surface area contributed by atoms with Gasteiger partial charge in [-0.05, 0) is 83.9 Å². The Morgan fingerprint density at radius 3 is 0.860 bits per heavy atom. The quantitative estimate of drug-likeness (QED) is 0.0865. The molecule has 6 rings (SSSR count). The standard InChI is InChI=1S/C40H30N4O4.2Zn/c45-37-13-5-1-9-29(37)23-41-33-19-17-27(21-35(33)43-25-31-11-3-7-15-39(31)47)28-18-20-34(42-24-30-10-2-6-14-38(30)46)36(22-28)44-26-32-12-4-8-16-40(32)48;;/h1-26,45-48H;;. The van der Waals surface area contributed by atoms with E-state index in [4.69, 9.17) is 0 Å². The van der Waals surface area contributed by atoms with Gasteiger partial charge in [0.1, 0.15) is 23.0 Å². The van der Waals surface area contributed by atoms with Gasteiger partial charge in [-0.2, -0.15) is 0 Å².